The standard InChI is InChI=1S/C17H18F2INO/c1-21(12-13-6-4-3-5-7-13)16(17(18,19)20)14-8-10-15(22-2)11-9-14/h3-11,16H,12H2,1-2H3. The molecule has 0 aliphatic heterocycles. The molecule has 2 aromatic carbocycles. The van der Waals surface area contributed by atoms with E-state index in [9.17, 15) is 8.78 Å². The minimum atomic E-state index is -2.88. The molecule has 0 radical (unpaired) electrons. The van der Waals surface area contributed by atoms with E-state index in [1.54, 1.807) is 43.3 Å². The molecule has 2 rings (SSSR count). The number of ether oxygens (including phenoxy) is 1. The first kappa shape index (κ1) is 17.1. The summed E-state index contributed by atoms with van der Waals surface area (Å²) >= 11 is 1.21. The topological polar surface area (TPSA) is 12.5 Å². The van der Waals surface area contributed by atoms with Crippen LogP contribution in [0, 0.1) is 0 Å². The fourth-order valence-corrected chi connectivity index (χ4v) is 3.28. The van der Waals surface area contributed by atoms with Crippen LogP contribution in [0.1, 0.15) is 17.2 Å². The molecule has 0 saturated heterocycles. The highest BCUT2D eigenvalue weighted by Gasteiger charge is 2.40. The SMILES string of the molecule is COc1ccc(C(N(C)Cc2ccccc2)C(F)(F)I)cc1. The van der Waals surface area contributed by atoms with Gasteiger partial charge in [0.2, 0.25) is 0 Å². The average Bonchev–Trinajstić information content (AvgIpc) is 2.47. The summed E-state index contributed by atoms with van der Waals surface area (Å²) in [4.78, 5) is 1.67. The van der Waals surface area contributed by atoms with Crippen LogP contribution in [0.25, 0.3) is 0 Å². The molecule has 1 unspecified atom stereocenters. The molecule has 0 fully saturated rings. The van der Waals surface area contributed by atoms with Crippen LogP contribution in [0.5, 0.6) is 5.75 Å². The van der Waals surface area contributed by atoms with Crippen LogP contribution >= 0.6 is 22.6 Å². The average molecular weight is 417 g/mol. The number of rotatable bonds is 6. The lowest BCUT2D eigenvalue weighted by Gasteiger charge is -2.32. The lowest BCUT2D eigenvalue weighted by molar-refractivity contribution is 0.0173. The molecule has 2 nitrogen and oxygen atoms in total. The van der Waals surface area contributed by atoms with Crippen LogP contribution in [0.2, 0.25) is 0 Å². The third-order valence-electron chi connectivity index (χ3n) is 3.46. The molecule has 5 heteroatoms. The Labute approximate surface area is 143 Å². The van der Waals surface area contributed by atoms with Crippen molar-refractivity contribution in [3.8, 4) is 5.75 Å². The zero-order valence-electron chi connectivity index (χ0n) is 12.5. The molecule has 0 spiro atoms. The molecule has 0 aliphatic carbocycles. The van der Waals surface area contributed by atoms with Crippen LogP contribution in [0.3, 0.4) is 0 Å². The van der Waals surface area contributed by atoms with E-state index in [-0.39, 0.29) is 0 Å². The van der Waals surface area contributed by atoms with Crippen molar-refractivity contribution in [1.82, 2.24) is 4.90 Å². The van der Waals surface area contributed by atoms with E-state index < -0.39 is 9.97 Å². The van der Waals surface area contributed by atoms with Gasteiger partial charge in [-0.1, -0.05) is 42.5 Å². The molecular weight excluding hydrogens is 399 g/mol. The molecule has 0 bridgehead atoms. The van der Waals surface area contributed by atoms with Crippen LogP contribution in [-0.2, 0) is 6.54 Å². The van der Waals surface area contributed by atoms with Crippen molar-refractivity contribution in [3.05, 3.63) is 65.7 Å². The van der Waals surface area contributed by atoms with Gasteiger partial charge in [0, 0.05) is 29.1 Å². The fraction of sp³-hybridized carbons (Fsp3) is 0.294. The van der Waals surface area contributed by atoms with Crippen molar-refractivity contribution in [1.29, 1.82) is 0 Å². The molecular formula is C17H18F2INO. The Balaban J connectivity index is 2.25. The summed E-state index contributed by atoms with van der Waals surface area (Å²) in [5, 5.41) is 0. The first-order chi connectivity index (χ1) is 10.4. The smallest absolute Gasteiger partial charge is 0.315 e. The largest absolute Gasteiger partial charge is 0.497 e. The summed E-state index contributed by atoms with van der Waals surface area (Å²) in [5.74, 6) is 0.657. The number of halogens is 3. The van der Waals surface area contributed by atoms with Crippen molar-refractivity contribution in [3.63, 3.8) is 0 Å². The van der Waals surface area contributed by atoms with Crippen molar-refractivity contribution in [2.75, 3.05) is 14.2 Å². The predicted octanol–water partition coefficient (Wildman–Crippen LogP) is 4.90. The summed E-state index contributed by atoms with van der Waals surface area (Å²) in [7, 11) is 3.27. The third kappa shape index (κ3) is 4.39. The van der Waals surface area contributed by atoms with Crippen LogP contribution in [0.4, 0.5) is 8.78 Å². The van der Waals surface area contributed by atoms with E-state index in [2.05, 4.69) is 0 Å². The molecule has 0 N–H and O–H groups in total. The molecule has 0 heterocycles. The summed E-state index contributed by atoms with van der Waals surface area (Å²) in [6.07, 6.45) is 0. The Bertz CT molecular complexity index is 584. The van der Waals surface area contributed by atoms with Crippen LogP contribution in [0.15, 0.2) is 54.6 Å². The van der Waals surface area contributed by atoms with Gasteiger partial charge in [0.15, 0.2) is 0 Å². The zero-order chi connectivity index (χ0) is 16.2. The first-order valence-corrected chi connectivity index (χ1v) is 7.94. The van der Waals surface area contributed by atoms with E-state index in [0.29, 0.717) is 17.9 Å². The highest BCUT2D eigenvalue weighted by Crippen LogP contribution is 2.41. The van der Waals surface area contributed by atoms with Crippen molar-refractivity contribution in [2.45, 2.75) is 16.5 Å². The second-order valence-corrected chi connectivity index (χ2v) is 6.56. The molecule has 0 amide bonds. The Morgan fingerprint density at radius 1 is 1.09 bits per heavy atom. The zero-order valence-corrected chi connectivity index (χ0v) is 14.6. The van der Waals surface area contributed by atoms with E-state index in [4.69, 9.17) is 4.74 Å². The number of methoxy groups -OCH3 is 1. The Hall–Kier alpha value is -1.21. The predicted molar refractivity (Wildman–Crippen MR) is 92.6 cm³/mol. The maximum Gasteiger partial charge on any atom is 0.315 e. The van der Waals surface area contributed by atoms with Gasteiger partial charge in [-0.3, -0.25) is 4.90 Å². The first-order valence-electron chi connectivity index (χ1n) is 6.86. The van der Waals surface area contributed by atoms with Gasteiger partial charge < -0.3 is 4.74 Å². The quantitative estimate of drug-likeness (QED) is 0.490. The molecule has 0 aromatic heterocycles. The molecule has 0 saturated carbocycles. The van der Waals surface area contributed by atoms with Crippen LogP contribution < -0.4 is 4.74 Å². The highest BCUT2D eigenvalue weighted by atomic mass is 127. The van der Waals surface area contributed by atoms with Gasteiger partial charge in [-0.05, 0) is 30.3 Å². The monoisotopic (exact) mass is 417 g/mol. The van der Waals surface area contributed by atoms with Gasteiger partial charge in [0.1, 0.15) is 11.8 Å². The number of alkyl halides is 3. The van der Waals surface area contributed by atoms with Gasteiger partial charge in [0.05, 0.1) is 7.11 Å². The van der Waals surface area contributed by atoms with Crippen molar-refractivity contribution < 1.29 is 13.5 Å². The van der Waals surface area contributed by atoms with E-state index in [1.165, 1.54) is 22.6 Å². The minimum Gasteiger partial charge on any atom is -0.497 e. The van der Waals surface area contributed by atoms with Gasteiger partial charge in [-0.2, -0.15) is 8.78 Å². The van der Waals surface area contributed by atoms with Gasteiger partial charge in [0.25, 0.3) is 0 Å². The molecule has 118 valence electrons. The van der Waals surface area contributed by atoms with Gasteiger partial charge in [-0.15, -0.1) is 0 Å². The van der Waals surface area contributed by atoms with E-state index in [1.807, 2.05) is 30.3 Å². The van der Waals surface area contributed by atoms with E-state index >= 15 is 0 Å². The highest BCUT2D eigenvalue weighted by molar-refractivity contribution is 14.1. The number of hydrogen-bond donors (Lipinski definition) is 0. The minimum absolute atomic E-state index is 0.454. The maximum absolute atomic E-state index is 14.1. The summed E-state index contributed by atoms with van der Waals surface area (Å²) in [6, 6.07) is 15.4. The van der Waals surface area contributed by atoms with Gasteiger partial charge in [-0.25, -0.2) is 0 Å². The van der Waals surface area contributed by atoms with Crippen molar-refractivity contribution >= 4 is 22.6 Å². The number of benzene rings is 2. The second kappa shape index (κ2) is 7.37. The van der Waals surface area contributed by atoms with Gasteiger partial charge >= 0.3 is 3.93 Å². The molecule has 0 aliphatic rings. The molecule has 2 aromatic rings. The lowest BCUT2D eigenvalue weighted by Crippen LogP contribution is -2.34. The lowest BCUT2D eigenvalue weighted by atomic mass is 10.0. The maximum atomic E-state index is 14.1. The number of nitrogens with zero attached hydrogens (tertiary/aromatic N) is 1. The Morgan fingerprint density at radius 2 is 1.68 bits per heavy atom. The fourth-order valence-electron chi connectivity index (χ4n) is 2.44. The summed E-state index contributed by atoms with van der Waals surface area (Å²) in [5.41, 5.74) is 1.57. The van der Waals surface area contributed by atoms with Crippen LogP contribution in [-0.4, -0.2) is 23.0 Å². The van der Waals surface area contributed by atoms with Crippen molar-refractivity contribution in [2.24, 2.45) is 0 Å². The molecule has 1 atom stereocenters. The Kier molecular flexibility index (Phi) is 5.74. The molecule has 22 heavy (non-hydrogen) atoms. The summed E-state index contributed by atoms with van der Waals surface area (Å²) < 4.78 is 30.5. The third-order valence-corrected chi connectivity index (χ3v) is 4.05. The van der Waals surface area contributed by atoms with E-state index in [0.717, 1.165) is 5.56 Å². The second-order valence-electron chi connectivity index (χ2n) is 5.12. The Morgan fingerprint density at radius 3 is 2.18 bits per heavy atom. The number of hydrogen-bond acceptors (Lipinski definition) is 2. The normalized spacial score (nSPS) is 13.2. The summed E-state index contributed by atoms with van der Waals surface area (Å²) in [6.45, 7) is 0.454.